The molecule has 0 aromatic heterocycles. The van der Waals surface area contributed by atoms with Crippen molar-refractivity contribution in [1.82, 2.24) is 5.32 Å². The van der Waals surface area contributed by atoms with Gasteiger partial charge in [-0.3, -0.25) is 0 Å². The van der Waals surface area contributed by atoms with Crippen molar-refractivity contribution in [2.75, 3.05) is 18.7 Å². The van der Waals surface area contributed by atoms with Crippen LogP contribution in [0, 0.1) is 6.92 Å². The molecular formula is C17H18N2O3. The van der Waals surface area contributed by atoms with Crippen molar-refractivity contribution in [1.29, 1.82) is 0 Å². The minimum atomic E-state index is -0.231. The molecule has 0 saturated carbocycles. The Kier molecular flexibility index (Phi) is 4.14. The van der Waals surface area contributed by atoms with Crippen LogP contribution in [0.1, 0.15) is 11.1 Å². The molecule has 0 spiro atoms. The van der Waals surface area contributed by atoms with E-state index in [4.69, 9.17) is 9.47 Å². The Bertz CT molecular complexity index is 668. The highest BCUT2D eigenvalue weighted by molar-refractivity contribution is 5.89. The van der Waals surface area contributed by atoms with Crippen LogP contribution >= 0.6 is 0 Å². The van der Waals surface area contributed by atoms with Crippen molar-refractivity contribution in [3.05, 3.63) is 53.6 Å². The van der Waals surface area contributed by atoms with Gasteiger partial charge in [0.15, 0.2) is 11.5 Å². The standard InChI is InChI=1S/C17H18N2O3/c1-12-2-4-13(5-3-12)8-9-18-17(20)19-14-6-7-15-16(10-14)22-11-21-15/h2-7,10H,8-9,11H2,1H3,(H2,18,19,20). The average molecular weight is 298 g/mol. The molecule has 3 rings (SSSR count). The van der Waals surface area contributed by atoms with E-state index in [0.29, 0.717) is 23.7 Å². The lowest BCUT2D eigenvalue weighted by Gasteiger charge is -2.08. The maximum Gasteiger partial charge on any atom is 0.319 e. The summed E-state index contributed by atoms with van der Waals surface area (Å²) in [5, 5.41) is 5.62. The van der Waals surface area contributed by atoms with Gasteiger partial charge in [-0.05, 0) is 31.0 Å². The zero-order valence-corrected chi connectivity index (χ0v) is 12.4. The number of fused-ring (bicyclic) bond motifs is 1. The Morgan fingerprint density at radius 1 is 1.09 bits per heavy atom. The monoisotopic (exact) mass is 298 g/mol. The molecule has 2 aromatic carbocycles. The molecule has 0 bridgehead atoms. The Labute approximate surface area is 129 Å². The van der Waals surface area contributed by atoms with E-state index in [2.05, 4.69) is 41.8 Å². The number of benzene rings is 2. The fraction of sp³-hybridized carbons (Fsp3) is 0.235. The number of aryl methyl sites for hydroxylation is 1. The Morgan fingerprint density at radius 2 is 1.86 bits per heavy atom. The molecule has 1 aliphatic rings. The van der Waals surface area contributed by atoms with Gasteiger partial charge in [-0.2, -0.15) is 0 Å². The number of amides is 2. The fourth-order valence-corrected chi connectivity index (χ4v) is 2.22. The van der Waals surface area contributed by atoms with Gasteiger partial charge in [-0.1, -0.05) is 29.8 Å². The summed E-state index contributed by atoms with van der Waals surface area (Å²) in [5.41, 5.74) is 3.11. The van der Waals surface area contributed by atoms with Gasteiger partial charge in [-0.25, -0.2) is 4.79 Å². The quantitative estimate of drug-likeness (QED) is 0.912. The van der Waals surface area contributed by atoms with E-state index in [1.807, 2.05) is 0 Å². The van der Waals surface area contributed by atoms with Gasteiger partial charge >= 0.3 is 6.03 Å². The number of anilines is 1. The van der Waals surface area contributed by atoms with Crippen LogP contribution in [0.25, 0.3) is 0 Å². The maximum atomic E-state index is 11.9. The van der Waals surface area contributed by atoms with E-state index >= 15 is 0 Å². The molecule has 1 aliphatic heterocycles. The second-order valence-corrected chi connectivity index (χ2v) is 5.18. The molecule has 2 amide bonds. The number of hydrogen-bond donors (Lipinski definition) is 2. The lowest BCUT2D eigenvalue weighted by Crippen LogP contribution is -2.30. The number of ether oxygens (including phenoxy) is 2. The number of rotatable bonds is 4. The molecule has 22 heavy (non-hydrogen) atoms. The van der Waals surface area contributed by atoms with Crippen LogP contribution in [-0.2, 0) is 6.42 Å². The molecule has 0 saturated heterocycles. The van der Waals surface area contributed by atoms with Gasteiger partial charge in [0, 0.05) is 18.3 Å². The summed E-state index contributed by atoms with van der Waals surface area (Å²) in [4.78, 5) is 11.9. The largest absolute Gasteiger partial charge is 0.454 e. The van der Waals surface area contributed by atoms with Crippen LogP contribution in [0.4, 0.5) is 10.5 Å². The van der Waals surface area contributed by atoms with Gasteiger partial charge in [0.25, 0.3) is 0 Å². The van der Waals surface area contributed by atoms with E-state index in [9.17, 15) is 4.79 Å². The lowest BCUT2D eigenvalue weighted by molar-refractivity contribution is 0.174. The van der Waals surface area contributed by atoms with Gasteiger partial charge < -0.3 is 20.1 Å². The first-order chi connectivity index (χ1) is 10.7. The van der Waals surface area contributed by atoms with Crippen LogP contribution < -0.4 is 20.1 Å². The molecule has 0 atom stereocenters. The number of urea groups is 1. The van der Waals surface area contributed by atoms with Crippen LogP contribution in [0.3, 0.4) is 0 Å². The average Bonchev–Trinajstić information content (AvgIpc) is 2.97. The summed E-state index contributed by atoms with van der Waals surface area (Å²) in [5.74, 6) is 1.35. The molecule has 5 nitrogen and oxygen atoms in total. The predicted molar refractivity (Wildman–Crippen MR) is 84.5 cm³/mol. The second-order valence-electron chi connectivity index (χ2n) is 5.18. The van der Waals surface area contributed by atoms with Gasteiger partial charge in [0.2, 0.25) is 6.79 Å². The third-order valence-electron chi connectivity index (χ3n) is 3.45. The topological polar surface area (TPSA) is 59.6 Å². The summed E-state index contributed by atoms with van der Waals surface area (Å²) < 4.78 is 10.5. The Morgan fingerprint density at radius 3 is 2.68 bits per heavy atom. The summed E-state index contributed by atoms with van der Waals surface area (Å²) in [6.45, 7) is 2.86. The zero-order chi connectivity index (χ0) is 15.4. The third-order valence-corrected chi connectivity index (χ3v) is 3.45. The maximum absolute atomic E-state index is 11.9. The van der Waals surface area contributed by atoms with Crippen LogP contribution in [-0.4, -0.2) is 19.4 Å². The molecule has 1 heterocycles. The van der Waals surface area contributed by atoms with Gasteiger partial charge in [-0.15, -0.1) is 0 Å². The van der Waals surface area contributed by atoms with Crippen LogP contribution in [0.15, 0.2) is 42.5 Å². The minimum absolute atomic E-state index is 0.224. The summed E-state index contributed by atoms with van der Waals surface area (Å²) in [6, 6.07) is 13.4. The van der Waals surface area contributed by atoms with Crippen molar-refractivity contribution in [2.45, 2.75) is 13.3 Å². The van der Waals surface area contributed by atoms with Crippen LogP contribution in [0.5, 0.6) is 11.5 Å². The highest BCUT2D eigenvalue weighted by Crippen LogP contribution is 2.34. The SMILES string of the molecule is Cc1ccc(CCNC(=O)Nc2ccc3c(c2)OCO3)cc1. The van der Waals surface area contributed by atoms with Crippen LogP contribution in [0.2, 0.25) is 0 Å². The summed E-state index contributed by atoms with van der Waals surface area (Å²) >= 11 is 0. The number of nitrogens with one attached hydrogen (secondary N) is 2. The highest BCUT2D eigenvalue weighted by atomic mass is 16.7. The first kappa shape index (κ1) is 14.3. The molecular weight excluding hydrogens is 280 g/mol. The first-order valence-corrected chi connectivity index (χ1v) is 7.21. The van der Waals surface area contributed by atoms with E-state index in [1.54, 1.807) is 18.2 Å². The van der Waals surface area contributed by atoms with Gasteiger partial charge in [0.05, 0.1) is 0 Å². The smallest absolute Gasteiger partial charge is 0.319 e. The van der Waals surface area contributed by atoms with E-state index < -0.39 is 0 Å². The number of hydrogen-bond acceptors (Lipinski definition) is 3. The van der Waals surface area contributed by atoms with Crippen molar-refractivity contribution >= 4 is 11.7 Å². The third kappa shape index (κ3) is 3.49. The zero-order valence-electron chi connectivity index (χ0n) is 12.4. The molecule has 2 N–H and O–H groups in total. The summed E-state index contributed by atoms with van der Waals surface area (Å²) in [7, 11) is 0. The first-order valence-electron chi connectivity index (χ1n) is 7.21. The van der Waals surface area contributed by atoms with Gasteiger partial charge in [0.1, 0.15) is 0 Å². The molecule has 0 aliphatic carbocycles. The molecule has 5 heteroatoms. The van der Waals surface area contributed by atoms with Crippen molar-refractivity contribution in [2.24, 2.45) is 0 Å². The van der Waals surface area contributed by atoms with E-state index in [0.717, 1.165) is 6.42 Å². The van der Waals surface area contributed by atoms with Crippen molar-refractivity contribution < 1.29 is 14.3 Å². The molecule has 2 aromatic rings. The molecule has 0 unspecified atom stereocenters. The normalized spacial score (nSPS) is 12.0. The Hall–Kier alpha value is -2.69. The fourth-order valence-electron chi connectivity index (χ4n) is 2.22. The van der Waals surface area contributed by atoms with Crippen molar-refractivity contribution in [3.8, 4) is 11.5 Å². The molecule has 114 valence electrons. The summed E-state index contributed by atoms with van der Waals surface area (Å²) in [6.07, 6.45) is 0.800. The minimum Gasteiger partial charge on any atom is -0.454 e. The number of carbonyl (C=O) groups excluding carboxylic acids is 1. The second kappa shape index (κ2) is 6.39. The highest BCUT2D eigenvalue weighted by Gasteiger charge is 2.13. The predicted octanol–water partition coefficient (Wildman–Crippen LogP) is 3.09. The van der Waals surface area contributed by atoms with E-state index in [-0.39, 0.29) is 12.8 Å². The van der Waals surface area contributed by atoms with Crippen molar-refractivity contribution in [3.63, 3.8) is 0 Å². The molecule has 0 fully saturated rings. The lowest BCUT2D eigenvalue weighted by atomic mass is 10.1. The number of carbonyl (C=O) groups is 1. The van der Waals surface area contributed by atoms with E-state index in [1.165, 1.54) is 11.1 Å². The molecule has 0 radical (unpaired) electrons. The Balaban J connectivity index is 1.47.